The van der Waals surface area contributed by atoms with Gasteiger partial charge in [-0.25, -0.2) is 5.48 Å². The molecule has 126 valence electrons. The monoisotopic (exact) mass is 339 g/mol. The van der Waals surface area contributed by atoms with Gasteiger partial charge in [-0.1, -0.05) is 23.2 Å². The molecule has 2 N–H and O–H groups in total. The van der Waals surface area contributed by atoms with Crippen LogP contribution in [-0.2, 0) is 16.2 Å². The Balaban J connectivity index is 1.86. The van der Waals surface area contributed by atoms with Crippen molar-refractivity contribution >= 4 is 17.8 Å². The molecule has 0 saturated heterocycles. The highest BCUT2D eigenvalue weighted by atomic mass is 16.6. The van der Waals surface area contributed by atoms with Crippen LogP contribution in [0.5, 0.6) is 0 Å². The number of nitro groups is 1. The molecule has 0 aromatic heterocycles. The van der Waals surface area contributed by atoms with Crippen molar-refractivity contribution in [1.82, 2.24) is 5.48 Å². The van der Waals surface area contributed by atoms with Crippen LogP contribution in [0.3, 0.4) is 0 Å². The molecule has 0 atom stereocenters. The van der Waals surface area contributed by atoms with Crippen LogP contribution in [0.1, 0.15) is 16.7 Å². The summed E-state index contributed by atoms with van der Waals surface area (Å²) in [5.41, 5.74) is 3.57. The summed E-state index contributed by atoms with van der Waals surface area (Å²) >= 11 is 0. The van der Waals surface area contributed by atoms with Crippen LogP contribution < -0.4 is 5.48 Å². The van der Waals surface area contributed by atoms with E-state index < -0.39 is 10.8 Å². The molecular formula is C17H13N3O5. The fourth-order valence-electron chi connectivity index (χ4n) is 1.73. The minimum atomic E-state index is -0.787. The maximum atomic E-state index is 10.8. The number of benzene rings is 2. The Morgan fingerprint density at radius 3 is 2.52 bits per heavy atom. The first kappa shape index (κ1) is 17.7. The normalized spacial score (nSPS) is 9.96. The van der Waals surface area contributed by atoms with Crippen molar-refractivity contribution in [3.8, 4) is 11.8 Å². The quantitative estimate of drug-likeness (QED) is 0.284. The van der Waals surface area contributed by atoms with Gasteiger partial charge in [-0.05, 0) is 35.4 Å². The fourth-order valence-corrected chi connectivity index (χ4v) is 1.73. The van der Waals surface area contributed by atoms with E-state index in [9.17, 15) is 14.9 Å². The van der Waals surface area contributed by atoms with E-state index in [0.29, 0.717) is 5.56 Å². The Morgan fingerprint density at radius 1 is 1.24 bits per heavy atom. The van der Waals surface area contributed by atoms with Crippen molar-refractivity contribution in [2.24, 2.45) is 5.16 Å². The molecule has 0 aliphatic heterocycles. The second-order valence-corrected chi connectivity index (χ2v) is 4.74. The molecule has 0 fully saturated rings. The van der Waals surface area contributed by atoms with Gasteiger partial charge in [0, 0.05) is 23.6 Å². The summed E-state index contributed by atoms with van der Waals surface area (Å²) in [4.78, 5) is 26.0. The zero-order valence-corrected chi connectivity index (χ0v) is 12.9. The number of nitro benzene ring substituents is 1. The summed E-state index contributed by atoms with van der Waals surface area (Å²) in [6.07, 6.45) is 1.50. The highest BCUT2D eigenvalue weighted by Crippen LogP contribution is 2.12. The molecule has 1 amide bonds. The van der Waals surface area contributed by atoms with E-state index >= 15 is 0 Å². The standard InChI is InChI=1S/C17H13N3O5/c21-17(19-22)10-7-13-1-3-14(4-2-13)11-18-25-12-15-5-8-16(9-6-15)20(23)24/h1-6,8-9,11,22H,12H2,(H,19,21)/b18-11+. The van der Waals surface area contributed by atoms with Gasteiger partial charge < -0.3 is 4.84 Å². The average Bonchev–Trinajstić information content (AvgIpc) is 2.64. The molecule has 0 radical (unpaired) electrons. The predicted molar refractivity (Wildman–Crippen MR) is 88.7 cm³/mol. The van der Waals surface area contributed by atoms with Crippen LogP contribution in [0, 0.1) is 22.0 Å². The van der Waals surface area contributed by atoms with Gasteiger partial charge in [0.2, 0.25) is 0 Å². The van der Waals surface area contributed by atoms with Gasteiger partial charge in [0.15, 0.2) is 0 Å². The van der Waals surface area contributed by atoms with E-state index in [2.05, 4.69) is 17.0 Å². The second kappa shape index (κ2) is 8.81. The number of nitrogens with one attached hydrogen (secondary N) is 1. The van der Waals surface area contributed by atoms with E-state index in [0.717, 1.165) is 11.1 Å². The lowest BCUT2D eigenvalue weighted by Gasteiger charge is -1.99. The van der Waals surface area contributed by atoms with Gasteiger partial charge in [0.25, 0.3) is 5.69 Å². The molecule has 0 aliphatic rings. The Labute approximate surface area is 142 Å². The van der Waals surface area contributed by atoms with E-state index in [1.807, 2.05) is 0 Å². The molecule has 2 aromatic rings. The summed E-state index contributed by atoms with van der Waals surface area (Å²) < 4.78 is 0. The van der Waals surface area contributed by atoms with E-state index in [1.165, 1.54) is 23.8 Å². The first-order chi connectivity index (χ1) is 12.1. The number of carbonyl (C=O) groups is 1. The summed E-state index contributed by atoms with van der Waals surface area (Å²) in [5, 5.41) is 22.7. The summed E-state index contributed by atoms with van der Waals surface area (Å²) in [5.74, 6) is 3.99. The molecule has 25 heavy (non-hydrogen) atoms. The number of rotatable bonds is 5. The second-order valence-electron chi connectivity index (χ2n) is 4.74. The molecule has 0 unspecified atom stereocenters. The molecule has 0 aliphatic carbocycles. The lowest BCUT2D eigenvalue weighted by atomic mass is 10.1. The molecule has 0 bridgehead atoms. The third-order valence-corrected chi connectivity index (χ3v) is 2.99. The number of amides is 1. The summed E-state index contributed by atoms with van der Waals surface area (Å²) in [7, 11) is 0. The first-order valence-corrected chi connectivity index (χ1v) is 7.03. The van der Waals surface area contributed by atoms with Crippen LogP contribution in [0.15, 0.2) is 53.7 Å². The molecule has 0 spiro atoms. The van der Waals surface area contributed by atoms with Gasteiger partial charge in [-0.2, -0.15) is 0 Å². The average molecular weight is 339 g/mol. The van der Waals surface area contributed by atoms with Crippen molar-refractivity contribution in [2.45, 2.75) is 6.61 Å². The van der Waals surface area contributed by atoms with Gasteiger partial charge in [-0.15, -0.1) is 0 Å². The maximum Gasteiger partial charge on any atom is 0.319 e. The number of nitrogens with zero attached hydrogens (tertiary/aromatic N) is 2. The van der Waals surface area contributed by atoms with Crippen molar-refractivity contribution < 1.29 is 19.8 Å². The Kier molecular flexibility index (Phi) is 6.22. The van der Waals surface area contributed by atoms with Crippen LogP contribution in [-0.4, -0.2) is 22.3 Å². The highest BCUT2D eigenvalue weighted by molar-refractivity contribution is 5.93. The topological polar surface area (TPSA) is 114 Å². The number of hydrogen-bond acceptors (Lipinski definition) is 6. The van der Waals surface area contributed by atoms with Crippen LogP contribution >= 0.6 is 0 Å². The van der Waals surface area contributed by atoms with Crippen molar-refractivity contribution in [2.75, 3.05) is 0 Å². The lowest BCUT2D eigenvalue weighted by Crippen LogP contribution is -2.15. The predicted octanol–water partition coefficient (Wildman–Crippen LogP) is 2.00. The van der Waals surface area contributed by atoms with Gasteiger partial charge in [0.1, 0.15) is 6.61 Å². The molecule has 2 rings (SSSR count). The molecule has 8 nitrogen and oxygen atoms in total. The Hall–Kier alpha value is -3.70. The van der Waals surface area contributed by atoms with Crippen LogP contribution in [0.25, 0.3) is 0 Å². The van der Waals surface area contributed by atoms with E-state index in [-0.39, 0.29) is 12.3 Å². The van der Waals surface area contributed by atoms with Gasteiger partial charge in [-0.3, -0.25) is 20.1 Å². The first-order valence-electron chi connectivity index (χ1n) is 7.03. The SMILES string of the molecule is O=C(C#Cc1ccc(/C=N/OCc2ccc([N+](=O)[O-])cc2)cc1)NO. The van der Waals surface area contributed by atoms with E-state index in [4.69, 9.17) is 10.0 Å². The zero-order chi connectivity index (χ0) is 18.1. The van der Waals surface area contributed by atoms with Crippen LogP contribution in [0.4, 0.5) is 5.69 Å². The molecular weight excluding hydrogens is 326 g/mol. The number of non-ortho nitro benzene ring substituents is 1. The molecule has 0 heterocycles. The minimum Gasteiger partial charge on any atom is -0.391 e. The largest absolute Gasteiger partial charge is 0.391 e. The smallest absolute Gasteiger partial charge is 0.319 e. The van der Waals surface area contributed by atoms with Crippen molar-refractivity contribution in [3.63, 3.8) is 0 Å². The third-order valence-electron chi connectivity index (χ3n) is 2.99. The summed E-state index contributed by atoms with van der Waals surface area (Å²) in [6.45, 7) is 0.189. The molecule has 0 saturated carbocycles. The van der Waals surface area contributed by atoms with Gasteiger partial charge >= 0.3 is 5.91 Å². The van der Waals surface area contributed by atoms with E-state index in [1.54, 1.807) is 36.4 Å². The Bertz CT molecular complexity index is 833. The molecule has 2 aromatic carbocycles. The summed E-state index contributed by atoms with van der Waals surface area (Å²) in [6, 6.07) is 12.9. The number of hydroxylamine groups is 1. The van der Waals surface area contributed by atoms with Crippen LogP contribution in [0.2, 0.25) is 0 Å². The fraction of sp³-hybridized carbons (Fsp3) is 0.0588. The number of oxime groups is 1. The number of carbonyl (C=O) groups excluding carboxylic acids is 1. The zero-order valence-electron chi connectivity index (χ0n) is 12.9. The maximum absolute atomic E-state index is 10.8. The van der Waals surface area contributed by atoms with Crippen molar-refractivity contribution in [3.05, 3.63) is 75.3 Å². The number of hydrogen-bond donors (Lipinski definition) is 2. The minimum absolute atomic E-state index is 0.0203. The highest BCUT2D eigenvalue weighted by Gasteiger charge is 2.03. The van der Waals surface area contributed by atoms with Crippen molar-refractivity contribution in [1.29, 1.82) is 0 Å². The molecule has 8 heteroatoms. The third kappa shape index (κ3) is 5.78. The lowest BCUT2D eigenvalue weighted by molar-refractivity contribution is -0.384. The Morgan fingerprint density at radius 2 is 1.92 bits per heavy atom. The van der Waals surface area contributed by atoms with Gasteiger partial charge in [0.05, 0.1) is 11.1 Å².